The Hall–Kier alpha value is -2.61. The molecule has 20 heavy (non-hydrogen) atoms. The van der Waals surface area contributed by atoms with Gasteiger partial charge in [0.25, 0.3) is 5.56 Å². The minimum absolute atomic E-state index is 0.0936. The average molecular weight is 272 g/mol. The molecule has 0 fully saturated rings. The average Bonchev–Trinajstić information content (AvgIpc) is 2.91. The van der Waals surface area contributed by atoms with Crippen molar-refractivity contribution in [2.24, 2.45) is 0 Å². The Kier molecular flexibility index (Phi) is 2.99. The van der Waals surface area contributed by atoms with Crippen LogP contribution in [-0.4, -0.2) is 35.1 Å². The van der Waals surface area contributed by atoms with Gasteiger partial charge < -0.3 is 5.11 Å². The molecule has 0 spiro atoms. The summed E-state index contributed by atoms with van der Waals surface area (Å²) in [6.45, 7) is 1.69. The van der Waals surface area contributed by atoms with E-state index in [1.165, 1.54) is 9.36 Å². The van der Waals surface area contributed by atoms with Crippen LogP contribution in [0.1, 0.15) is 18.7 Å². The molecule has 0 aliphatic carbocycles. The summed E-state index contributed by atoms with van der Waals surface area (Å²) in [5.74, 6) is 0. The summed E-state index contributed by atoms with van der Waals surface area (Å²) < 4.78 is 2.62. The van der Waals surface area contributed by atoms with Gasteiger partial charge in [-0.25, -0.2) is 4.68 Å². The lowest BCUT2D eigenvalue weighted by Gasteiger charge is -2.04. The van der Waals surface area contributed by atoms with Crippen LogP contribution in [0.15, 0.2) is 35.3 Å². The third-order valence-corrected chi connectivity index (χ3v) is 2.89. The standard InChI is InChI=1S/C12H12N6O2/c1-8(19)11-6-17(15-14-11)7-18-12(20)9-4-2-3-5-10(9)13-16-18/h2-6,8,19H,7H2,1H3. The van der Waals surface area contributed by atoms with Gasteiger partial charge in [0.15, 0.2) is 0 Å². The van der Waals surface area contributed by atoms with Crippen molar-refractivity contribution in [3.05, 3.63) is 46.5 Å². The van der Waals surface area contributed by atoms with Gasteiger partial charge in [-0.2, -0.15) is 4.68 Å². The third-order valence-electron chi connectivity index (χ3n) is 2.89. The Balaban J connectivity index is 1.98. The molecule has 3 aromatic rings. The maximum atomic E-state index is 12.2. The molecule has 0 amide bonds. The van der Waals surface area contributed by atoms with Crippen molar-refractivity contribution < 1.29 is 5.11 Å². The second-order valence-electron chi connectivity index (χ2n) is 4.41. The Morgan fingerprint density at radius 3 is 2.80 bits per heavy atom. The summed E-state index contributed by atoms with van der Waals surface area (Å²) in [5.41, 5.74) is 0.744. The molecule has 3 rings (SSSR count). The Morgan fingerprint density at radius 2 is 2.05 bits per heavy atom. The molecule has 8 heteroatoms. The molecule has 0 aliphatic heterocycles. The molecule has 0 radical (unpaired) electrons. The van der Waals surface area contributed by atoms with Crippen molar-refractivity contribution >= 4 is 10.9 Å². The van der Waals surface area contributed by atoms with Crippen molar-refractivity contribution in [2.45, 2.75) is 19.7 Å². The number of nitrogens with zero attached hydrogens (tertiary/aromatic N) is 6. The molecule has 1 aromatic carbocycles. The number of fused-ring (bicyclic) bond motifs is 1. The lowest BCUT2D eigenvalue weighted by atomic mass is 10.2. The second kappa shape index (κ2) is 4.82. The summed E-state index contributed by atoms with van der Waals surface area (Å²) in [4.78, 5) is 12.2. The predicted octanol–water partition coefficient (Wildman–Crippen LogP) is -0.0579. The zero-order chi connectivity index (χ0) is 14.1. The first-order chi connectivity index (χ1) is 9.65. The van der Waals surface area contributed by atoms with E-state index in [-0.39, 0.29) is 12.2 Å². The Bertz CT molecular complexity index is 807. The fraction of sp³-hybridized carbons (Fsp3) is 0.250. The highest BCUT2D eigenvalue weighted by Crippen LogP contribution is 2.06. The number of benzene rings is 1. The third kappa shape index (κ3) is 2.16. The monoisotopic (exact) mass is 272 g/mol. The second-order valence-corrected chi connectivity index (χ2v) is 4.41. The SMILES string of the molecule is CC(O)c1cn(Cn2nnc3ccccc3c2=O)nn1. The molecule has 2 aromatic heterocycles. The van der Waals surface area contributed by atoms with Gasteiger partial charge in [-0.15, -0.1) is 10.2 Å². The van der Waals surface area contributed by atoms with Gasteiger partial charge in [0, 0.05) is 0 Å². The normalized spacial score (nSPS) is 12.7. The minimum atomic E-state index is -0.705. The molecule has 2 heterocycles. The molecule has 0 bridgehead atoms. The van der Waals surface area contributed by atoms with E-state index >= 15 is 0 Å². The molecule has 1 unspecified atom stereocenters. The molecule has 1 atom stereocenters. The first-order valence-corrected chi connectivity index (χ1v) is 6.06. The molecule has 0 aliphatic rings. The number of hydrogen-bond acceptors (Lipinski definition) is 6. The van der Waals surface area contributed by atoms with E-state index in [9.17, 15) is 9.90 Å². The van der Waals surface area contributed by atoms with E-state index in [1.54, 1.807) is 37.4 Å². The van der Waals surface area contributed by atoms with E-state index in [0.717, 1.165) is 0 Å². The number of aliphatic hydroxyl groups excluding tert-OH is 1. The summed E-state index contributed by atoms with van der Waals surface area (Å²) in [6.07, 6.45) is 0.858. The van der Waals surface area contributed by atoms with Gasteiger partial charge in [0.05, 0.1) is 17.7 Å². The highest BCUT2D eigenvalue weighted by molar-refractivity contribution is 5.76. The van der Waals surface area contributed by atoms with Crippen molar-refractivity contribution in [3.8, 4) is 0 Å². The molecule has 102 valence electrons. The maximum Gasteiger partial charge on any atom is 0.279 e. The van der Waals surface area contributed by atoms with E-state index in [2.05, 4.69) is 20.6 Å². The molecule has 0 saturated carbocycles. The highest BCUT2D eigenvalue weighted by atomic mass is 16.3. The molecule has 1 N–H and O–H groups in total. The van der Waals surface area contributed by atoms with Crippen LogP contribution < -0.4 is 5.56 Å². The van der Waals surface area contributed by atoms with Crippen LogP contribution in [0.2, 0.25) is 0 Å². The van der Waals surface area contributed by atoms with Crippen LogP contribution in [0, 0.1) is 0 Å². The summed E-state index contributed by atoms with van der Waals surface area (Å²) in [7, 11) is 0. The van der Waals surface area contributed by atoms with Crippen molar-refractivity contribution in [2.75, 3.05) is 0 Å². The van der Waals surface area contributed by atoms with Crippen LogP contribution >= 0.6 is 0 Å². The number of rotatable bonds is 3. The first-order valence-electron chi connectivity index (χ1n) is 6.06. The lowest BCUT2D eigenvalue weighted by Crippen LogP contribution is -2.27. The summed E-state index contributed by atoms with van der Waals surface area (Å²) in [5, 5.41) is 25.4. The van der Waals surface area contributed by atoms with Crippen LogP contribution in [0.25, 0.3) is 10.9 Å². The van der Waals surface area contributed by atoms with E-state index < -0.39 is 6.10 Å². The van der Waals surface area contributed by atoms with Crippen LogP contribution in [0.4, 0.5) is 0 Å². The lowest BCUT2D eigenvalue weighted by molar-refractivity contribution is 0.194. The van der Waals surface area contributed by atoms with Crippen molar-refractivity contribution in [3.63, 3.8) is 0 Å². The molecular formula is C12H12N6O2. The van der Waals surface area contributed by atoms with Gasteiger partial charge in [0.1, 0.15) is 17.9 Å². The van der Waals surface area contributed by atoms with Crippen LogP contribution in [-0.2, 0) is 6.67 Å². The largest absolute Gasteiger partial charge is 0.387 e. The molecular weight excluding hydrogens is 260 g/mol. The van der Waals surface area contributed by atoms with Gasteiger partial charge in [-0.1, -0.05) is 22.6 Å². The topological polar surface area (TPSA) is 98.7 Å². The molecule has 8 nitrogen and oxygen atoms in total. The van der Waals surface area contributed by atoms with Crippen LogP contribution in [0.3, 0.4) is 0 Å². The Labute approximate surface area is 113 Å². The fourth-order valence-corrected chi connectivity index (χ4v) is 1.83. The highest BCUT2D eigenvalue weighted by Gasteiger charge is 2.09. The zero-order valence-electron chi connectivity index (χ0n) is 10.7. The summed E-state index contributed by atoms with van der Waals surface area (Å²) in [6, 6.07) is 7.00. The minimum Gasteiger partial charge on any atom is -0.387 e. The van der Waals surface area contributed by atoms with Gasteiger partial charge in [-0.05, 0) is 19.1 Å². The predicted molar refractivity (Wildman–Crippen MR) is 69.9 cm³/mol. The summed E-state index contributed by atoms with van der Waals surface area (Å²) >= 11 is 0. The number of aliphatic hydroxyl groups is 1. The Morgan fingerprint density at radius 1 is 1.25 bits per heavy atom. The van der Waals surface area contributed by atoms with Crippen molar-refractivity contribution in [1.29, 1.82) is 0 Å². The van der Waals surface area contributed by atoms with E-state index in [4.69, 9.17) is 0 Å². The zero-order valence-corrected chi connectivity index (χ0v) is 10.7. The van der Waals surface area contributed by atoms with E-state index in [0.29, 0.717) is 16.6 Å². The first kappa shape index (κ1) is 12.4. The number of hydrogen-bond donors (Lipinski definition) is 1. The van der Waals surface area contributed by atoms with Gasteiger partial charge in [0.2, 0.25) is 0 Å². The van der Waals surface area contributed by atoms with Gasteiger partial charge in [-0.3, -0.25) is 4.79 Å². The fourth-order valence-electron chi connectivity index (χ4n) is 1.83. The smallest absolute Gasteiger partial charge is 0.279 e. The van der Waals surface area contributed by atoms with Crippen LogP contribution in [0.5, 0.6) is 0 Å². The van der Waals surface area contributed by atoms with Crippen molar-refractivity contribution in [1.82, 2.24) is 30.0 Å². The van der Waals surface area contributed by atoms with Gasteiger partial charge >= 0.3 is 0 Å². The van der Waals surface area contributed by atoms with E-state index in [1.807, 2.05) is 0 Å². The quantitative estimate of drug-likeness (QED) is 0.717. The maximum absolute atomic E-state index is 12.2. The number of aromatic nitrogens is 6. The molecule has 0 saturated heterocycles.